The maximum atomic E-state index is 11.0. The quantitative estimate of drug-likeness (QED) is 0.644. The van der Waals surface area contributed by atoms with Crippen LogP contribution in [0.2, 0.25) is 0 Å². The van der Waals surface area contributed by atoms with Gasteiger partial charge in [-0.05, 0) is 33.9 Å². The molecule has 84 valence electrons. The lowest BCUT2D eigenvalue weighted by molar-refractivity contribution is -0.120. The zero-order valence-electron chi connectivity index (χ0n) is 9.76. The maximum absolute atomic E-state index is 11.0. The topological polar surface area (TPSA) is 58.4 Å². The first-order valence-corrected chi connectivity index (χ1v) is 5.06. The Balaban J connectivity index is 3.74. The van der Waals surface area contributed by atoms with Gasteiger partial charge in [-0.3, -0.25) is 9.69 Å². The zero-order valence-corrected chi connectivity index (χ0v) is 9.76. The van der Waals surface area contributed by atoms with Gasteiger partial charge in [-0.25, -0.2) is 0 Å². The molecular weight excluding hydrogens is 178 g/mol. The third kappa shape index (κ3) is 4.58. The number of hydrogen-bond donors (Lipinski definition) is 2. The Bertz CT molecular complexity index is 180. The van der Waals surface area contributed by atoms with E-state index in [-0.39, 0.29) is 11.4 Å². The van der Waals surface area contributed by atoms with Crippen molar-refractivity contribution >= 4 is 5.91 Å². The van der Waals surface area contributed by atoms with Crippen molar-refractivity contribution in [2.75, 3.05) is 27.2 Å². The molecule has 3 N–H and O–H groups in total. The van der Waals surface area contributed by atoms with Gasteiger partial charge in [0.25, 0.3) is 0 Å². The molecule has 0 saturated heterocycles. The second-order valence-electron chi connectivity index (χ2n) is 4.21. The van der Waals surface area contributed by atoms with Crippen molar-refractivity contribution in [1.29, 1.82) is 0 Å². The van der Waals surface area contributed by atoms with Gasteiger partial charge in [0.05, 0.1) is 0 Å². The lowest BCUT2D eigenvalue weighted by atomic mass is 10.0. The summed E-state index contributed by atoms with van der Waals surface area (Å²) < 4.78 is 0. The van der Waals surface area contributed by atoms with Crippen LogP contribution < -0.4 is 11.1 Å². The molecule has 0 heterocycles. The molecule has 0 aromatic carbocycles. The largest absolute Gasteiger partial charge is 0.359 e. The van der Waals surface area contributed by atoms with Crippen LogP contribution in [0, 0.1) is 0 Å². The first-order chi connectivity index (χ1) is 6.44. The molecule has 0 aliphatic rings. The molecule has 0 fully saturated rings. The fraction of sp³-hybridized carbons (Fsp3) is 0.900. The van der Waals surface area contributed by atoms with E-state index in [0.717, 1.165) is 13.0 Å². The minimum absolute atomic E-state index is 0.0166. The first-order valence-electron chi connectivity index (χ1n) is 5.06. The van der Waals surface area contributed by atoms with Gasteiger partial charge in [0.15, 0.2) is 0 Å². The number of carbonyl (C=O) groups excluding carboxylic acids is 1. The third-order valence-corrected chi connectivity index (χ3v) is 2.71. The molecule has 0 aliphatic carbocycles. The molecule has 0 saturated carbocycles. The maximum Gasteiger partial charge on any atom is 0.219 e. The summed E-state index contributed by atoms with van der Waals surface area (Å²) in [6, 6.07) is 0. The van der Waals surface area contributed by atoms with E-state index >= 15 is 0 Å². The van der Waals surface area contributed by atoms with Crippen molar-refractivity contribution in [3.8, 4) is 0 Å². The fourth-order valence-electron chi connectivity index (χ4n) is 1.06. The number of nitrogens with two attached hydrogens (primary N) is 1. The molecule has 0 radical (unpaired) electrons. The summed E-state index contributed by atoms with van der Waals surface area (Å²) in [5, 5.41) is 2.61. The Kier molecular flexibility index (Phi) is 5.72. The van der Waals surface area contributed by atoms with E-state index in [0.29, 0.717) is 13.0 Å². The lowest BCUT2D eigenvalue weighted by Crippen LogP contribution is -2.47. The van der Waals surface area contributed by atoms with Crippen molar-refractivity contribution in [1.82, 2.24) is 10.2 Å². The molecule has 4 nitrogen and oxygen atoms in total. The fourth-order valence-corrected chi connectivity index (χ4v) is 1.06. The Hall–Kier alpha value is -0.610. The standard InChI is InChI=1S/C10H23N3O/c1-10(2,8-11)13(4)7-5-6-9(14)12-3/h5-8,11H2,1-4H3,(H,12,14). The van der Waals surface area contributed by atoms with E-state index in [2.05, 4.69) is 24.1 Å². The minimum Gasteiger partial charge on any atom is -0.359 e. The molecule has 0 rings (SSSR count). The first kappa shape index (κ1) is 13.4. The predicted octanol–water partition coefficient (Wildman–Crippen LogP) is 0.182. The van der Waals surface area contributed by atoms with Gasteiger partial charge in [-0.2, -0.15) is 0 Å². The van der Waals surface area contributed by atoms with E-state index in [1.807, 2.05) is 7.05 Å². The zero-order chi connectivity index (χ0) is 11.2. The molecule has 0 aromatic heterocycles. The van der Waals surface area contributed by atoms with Crippen molar-refractivity contribution in [2.24, 2.45) is 5.73 Å². The van der Waals surface area contributed by atoms with Gasteiger partial charge in [0.1, 0.15) is 0 Å². The van der Waals surface area contributed by atoms with E-state index < -0.39 is 0 Å². The van der Waals surface area contributed by atoms with E-state index in [1.165, 1.54) is 0 Å². The molecular formula is C10H23N3O. The van der Waals surface area contributed by atoms with Crippen LogP contribution in [0.5, 0.6) is 0 Å². The van der Waals surface area contributed by atoms with Gasteiger partial charge in [0, 0.05) is 25.6 Å². The van der Waals surface area contributed by atoms with Crippen molar-refractivity contribution in [2.45, 2.75) is 32.2 Å². The Morgan fingerprint density at radius 2 is 2.07 bits per heavy atom. The van der Waals surface area contributed by atoms with Crippen molar-refractivity contribution in [3.05, 3.63) is 0 Å². The second-order valence-corrected chi connectivity index (χ2v) is 4.21. The average Bonchev–Trinajstić information content (AvgIpc) is 2.17. The molecule has 14 heavy (non-hydrogen) atoms. The van der Waals surface area contributed by atoms with Crippen LogP contribution in [0.1, 0.15) is 26.7 Å². The number of nitrogens with zero attached hydrogens (tertiary/aromatic N) is 1. The van der Waals surface area contributed by atoms with Gasteiger partial charge in [-0.15, -0.1) is 0 Å². The highest BCUT2D eigenvalue weighted by Gasteiger charge is 2.20. The van der Waals surface area contributed by atoms with Crippen LogP contribution in [0.15, 0.2) is 0 Å². The second kappa shape index (κ2) is 5.98. The molecule has 1 amide bonds. The van der Waals surface area contributed by atoms with Crippen molar-refractivity contribution in [3.63, 3.8) is 0 Å². The van der Waals surface area contributed by atoms with Crippen LogP contribution in [0.4, 0.5) is 0 Å². The monoisotopic (exact) mass is 201 g/mol. The highest BCUT2D eigenvalue weighted by Crippen LogP contribution is 2.10. The third-order valence-electron chi connectivity index (χ3n) is 2.71. The smallest absolute Gasteiger partial charge is 0.219 e. The number of likely N-dealkylation sites (N-methyl/N-ethyl adjacent to an activating group) is 1. The van der Waals surface area contributed by atoms with Crippen LogP contribution in [0.3, 0.4) is 0 Å². The van der Waals surface area contributed by atoms with E-state index in [4.69, 9.17) is 5.73 Å². The molecule has 0 bridgehead atoms. The summed E-state index contributed by atoms with van der Waals surface area (Å²) in [5.41, 5.74) is 5.66. The predicted molar refractivity (Wildman–Crippen MR) is 59.1 cm³/mol. The summed E-state index contributed by atoms with van der Waals surface area (Å²) in [4.78, 5) is 13.1. The molecule has 0 aromatic rings. The summed E-state index contributed by atoms with van der Waals surface area (Å²) >= 11 is 0. The highest BCUT2D eigenvalue weighted by atomic mass is 16.1. The Morgan fingerprint density at radius 3 is 2.50 bits per heavy atom. The van der Waals surface area contributed by atoms with E-state index in [1.54, 1.807) is 7.05 Å². The van der Waals surface area contributed by atoms with Gasteiger partial charge < -0.3 is 11.1 Å². The lowest BCUT2D eigenvalue weighted by Gasteiger charge is -2.34. The summed E-state index contributed by atoms with van der Waals surface area (Å²) in [6.07, 6.45) is 1.46. The van der Waals surface area contributed by atoms with Crippen LogP contribution >= 0.6 is 0 Å². The molecule has 0 atom stereocenters. The number of rotatable bonds is 6. The highest BCUT2D eigenvalue weighted by molar-refractivity contribution is 5.75. The molecule has 0 aliphatic heterocycles. The number of nitrogens with one attached hydrogen (secondary N) is 1. The van der Waals surface area contributed by atoms with Crippen LogP contribution in [0.25, 0.3) is 0 Å². The molecule has 0 unspecified atom stereocenters. The summed E-state index contributed by atoms with van der Waals surface area (Å²) in [5.74, 6) is 0.101. The van der Waals surface area contributed by atoms with Crippen LogP contribution in [-0.2, 0) is 4.79 Å². The van der Waals surface area contributed by atoms with E-state index in [9.17, 15) is 4.79 Å². The van der Waals surface area contributed by atoms with Crippen molar-refractivity contribution < 1.29 is 4.79 Å². The van der Waals surface area contributed by atoms with Gasteiger partial charge in [-0.1, -0.05) is 0 Å². The van der Waals surface area contributed by atoms with Gasteiger partial charge in [0.2, 0.25) is 5.91 Å². The number of amides is 1. The average molecular weight is 201 g/mol. The molecule has 4 heteroatoms. The number of hydrogen-bond acceptors (Lipinski definition) is 3. The number of carbonyl (C=O) groups is 1. The Morgan fingerprint density at radius 1 is 1.50 bits per heavy atom. The summed E-state index contributed by atoms with van der Waals surface area (Å²) in [6.45, 7) is 5.74. The SMILES string of the molecule is CNC(=O)CCCN(C)C(C)(C)CN. The summed E-state index contributed by atoms with van der Waals surface area (Å²) in [7, 11) is 3.70. The Labute approximate surface area is 86.8 Å². The molecule has 0 spiro atoms. The normalized spacial score (nSPS) is 11.9. The minimum atomic E-state index is 0.0166. The van der Waals surface area contributed by atoms with Crippen LogP contribution in [-0.4, -0.2) is 43.5 Å². The van der Waals surface area contributed by atoms with Gasteiger partial charge >= 0.3 is 0 Å².